The maximum atomic E-state index is 14.4. The number of pyridine rings is 4. The Morgan fingerprint density at radius 1 is 0.463 bits per heavy atom. The third-order valence-corrected chi connectivity index (χ3v) is 14.7. The topological polar surface area (TPSA) is 169 Å². The van der Waals surface area contributed by atoms with Gasteiger partial charge in [-0.15, -0.1) is 0 Å². The number of nitrogens with zero attached hydrogens (tertiary/aromatic N) is 4. The van der Waals surface area contributed by atoms with E-state index in [4.69, 9.17) is 9.47 Å². The molecule has 8 bridgehead atoms. The molecule has 0 unspecified atom stereocenters. The predicted molar refractivity (Wildman–Crippen MR) is 319 cm³/mol. The van der Waals surface area contributed by atoms with E-state index in [1.165, 1.54) is 0 Å². The van der Waals surface area contributed by atoms with E-state index >= 15 is 0 Å². The third-order valence-electron chi connectivity index (χ3n) is 14.7. The van der Waals surface area contributed by atoms with Crippen LogP contribution in [0.2, 0.25) is 0 Å². The summed E-state index contributed by atoms with van der Waals surface area (Å²) in [6, 6.07) is 30.6. The molecule has 0 spiro atoms. The lowest BCUT2D eigenvalue weighted by molar-refractivity contribution is 0.101. The van der Waals surface area contributed by atoms with Crippen molar-refractivity contribution in [3.8, 4) is 45.8 Å². The quantitative estimate of drug-likeness (QED) is 0.0607. The van der Waals surface area contributed by atoms with Crippen molar-refractivity contribution in [3.63, 3.8) is 0 Å². The van der Waals surface area contributed by atoms with E-state index in [1.54, 1.807) is 49.1 Å². The van der Waals surface area contributed by atoms with Crippen LogP contribution in [0, 0.1) is 13.8 Å². The van der Waals surface area contributed by atoms with Crippen molar-refractivity contribution in [2.75, 3.05) is 23.8 Å². The van der Waals surface area contributed by atoms with Gasteiger partial charge in [-0.25, -0.2) is 0 Å². The van der Waals surface area contributed by atoms with Crippen LogP contribution >= 0.6 is 0 Å². The highest BCUT2D eigenvalue weighted by atomic mass is 16.5. The van der Waals surface area contributed by atoms with Crippen molar-refractivity contribution in [1.82, 2.24) is 19.9 Å². The van der Waals surface area contributed by atoms with E-state index < -0.39 is 0 Å². The van der Waals surface area contributed by atoms with Crippen LogP contribution < -0.4 is 20.1 Å². The lowest BCUT2D eigenvalue weighted by Crippen LogP contribution is -2.16. The van der Waals surface area contributed by atoms with Gasteiger partial charge in [-0.3, -0.25) is 29.5 Å². The molecule has 4 aromatic heterocycles. The van der Waals surface area contributed by atoms with Crippen molar-refractivity contribution in [2.24, 2.45) is 0 Å². The minimum atomic E-state index is -0.339. The molecule has 0 radical (unpaired) electrons. The number of carbonyl (C=O) groups excluding carboxylic acids is 2. The van der Waals surface area contributed by atoms with Crippen LogP contribution in [0.1, 0.15) is 169 Å². The van der Waals surface area contributed by atoms with E-state index in [2.05, 4.69) is 110 Å². The Morgan fingerprint density at radius 2 is 0.775 bits per heavy atom. The van der Waals surface area contributed by atoms with E-state index in [9.17, 15) is 19.8 Å². The normalized spacial score (nSPS) is 12.4. The summed E-state index contributed by atoms with van der Waals surface area (Å²) >= 11 is 0. The zero-order chi connectivity index (χ0) is 56.9. The largest absolute Gasteiger partial charge is 0.507 e. The average Bonchev–Trinajstić information content (AvgIpc) is 3.45. The molecule has 0 fully saturated rings. The Kier molecular flexibility index (Phi) is 16.8. The van der Waals surface area contributed by atoms with Gasteiger partial charge >= 0.3 is 0 Å². The number of carbonyl (C=O) groups is 2. The summed E-state index contributed by atoms with van der Waals surface area (Å²) < 4.78 is 13.7. The Labute approximate surface area is 471 Å². The summed E-state index contributed by atoms with van der Waals surface area (Å²) in [4.78, 5) is 47.0. The lowest BCUT2D eigenvalue weighted by Gasteiger charge is -2.27. The second-order valence-electron chi connectivity index (χ2n) is 23.3. The molecule has 0 saturated heterocycles. The van der Waals surface area contributed by atoms with Crippen LogP contribution in [0.5, 0.6) is 23.0 Å². The number of hydrogen-bond acceptors (Lipinski definition) is 10. The van der Waals surface area contributed by atoms with Gasteiger partial charge in [0, 0.05) is 95.2 Å². The SMILES string of the molecule is CCCCOc1c2cc(C(C)(C)C)cc1Cc1cc(NC(=O)c3ccnc(-c4cc(C)ccn4)c3)cc(c1O)Cc1cc(C(C)(C)C)cc(c1OCCCC)Cc1cc(NC(=O)c3ccnc(-c4cc(C)ccn4)c3)cc(c1O)C2. The van der Waals surface area contributed by atoms with Crippen LogP contribution in [0.15, 0.2) is 122 Å². The minimum Gasteiger partial charge on any atom is -0.507 e. The molecule has 1 aliphatic carbocycles. The molecule has 8 aromatic rings. The summed E-state index contributed by atoms with van der Waals surface area (Å²) in [5, 5.41) is 32.0. The fraction of sp³-hybridized carbons (Fsp3) is 0.324. The molecule has 12 nitrogen and oxygen atoms in total. The number of aromatic hydroxyl groups is 2. The van der Waals surface area contributed by atoms with Gasteiger partial charge in [0.1, 0.15) is 23.0 Å². The fourth-order valence-electron chi connectivity index (χ4n) is 10.1. The van der Waals surface area contributed by atoms with Crippen molar-refractivity contribution in [2.45, 2.75) is 131 Å². The molecular formula is C68H74N6O6. The van der Waals surface area contributed by atoms with Crippen molar-refractivity contribution >= 4 is 23.2 Å². The third kappa shape index (κ3) is 13.2. The predicted octanol–water partition coefficient (Wildman–Crippen LogP) is 14.8. The summed E-state index contributed by atoms with van der Waals surface area (Å²) in [5.41, 5.74) is 13.5. The number of aryl methyl sites for hydroxylation is 2. The number of aromatic nitrogens is 4. The molecule has 0 aliphatic heterocycles. The number of unbranched alkanes of at least 4 members (excludes halogenated alkanes) is 2. The number of amides is 2. The number of benzene rings is 4. The summed E-state index contributed by atoms with van der Waals surface area (Å²) in [7, 11) is 0. The van der Waals surface area contributed by atoms with Gasteiger partial charge in [-0.1, -0.05) is 92.5 Å². The Morgan fingerprint density at radius 3 is 1.07 bits per heavy atom. The molecule has 412 valence electrons. The van der Waals surface area contributed by atoms with Crippen LogP contribution in [0.3, 0.4) is 0 Å². The van der Waals surface area contributed by atoms with E-state index in [1.807, 2.05) is 62.4 Å². The zero-order valence-corrected chi connectivity index (χ0v) is 47.9. The first kappa shape index (κ1) is 56.3. The molecule has 1 aliphatic rings. The highest BCUT2D eigenvalue weighted by molar-refractivity contribution is 6.05. The monoisotopic (exact) mass is 1070 g/mol. The van der Waals surface area contributed by atoms with E-state index in [0.29, 0.717) is 92.2 Å². The molecule has 2 amide bonds. The molecule has 12 heteroatoms. The number of ether oxygens (including phenoxy) is 2. The average molecular weight is 1070 g/mol. The molecule has 0 atom stereocenters. The van der Waals surface area contributed by atoms with Gasteiger partial charge in [0.25, 0.3) is 11.8 Å². The van der Waals surface area contributed by atoms with Gasteiger partial charge in [0.05, 0.1) is 36.0 Å². The molecule has 80 heavy (non-hydrogen) atoms. The van der Waals surface area contributed by atoms with Crippen LogP contribution in [-0.4, -0.2) is 55.2 Å². The van der Waals surface area contributed by atoms with Crippen LogP contribution in [0.4, 0.5) is 11.4 Å². The molecule has 4 aromatic carbocycles. The van der Waals surface area contributed by atoms with Gasteiger partial charge in [-0.2, -0.15) is 0 Å². The molecule has 4 N–H and O–H groups in total. The summed E-state index contributed by atoms with van der Waals surface area (Å²) in [6.45, 7) is 22.1. The Hall–Kier alpha value is -8.38. The Bertz CT molecular complexity index is 3280. The second-order valence-corrected chi connectivity index (χ2v) is 23.3. The number of phenolic OH excluding ortho intramolecular Hbond substituents is 2. The lowest BCUT2D eigenvalue weighted by atomic mass is 9.81. The van der Waals surface area contributed by atoms with Crippen molar-refractivity contribution in [3.05, 3.63) is 200 Å². The molecular weight excluding hydrogens is 997 g/mol. The maximum absolute atomic E-state index is 14.4. The van der Waals surface area contributed by atoms with Crippen LogP contribution in [0.25, 0.3) is 22.8 Å². The Balaban J connectivity index is 1.24. The highest BCUT2D eigenvalue weighted by Crippen LogP contribution is 2.43. The van der Waals surface area contributed by atoms with E-state index in [-0.39, 0.29) is 59.8 Å². The smallest absolute Gasteiger partial charge is 0.255 e. The number of fused-ring (bicyclic) bond motifs is 8. The van der Waals surface area contributed by atoms with Crippen molar-refractivity contribution in [1.29, 1.82) is 0 Å². The maximum Gasteiger partial charge on any atom is 0.255 e. The van der Waals surface area contributed by atoms with Crippen LogP contribution in [-0.2, 0) is 36.5 Å². The number of nitrogens with one attached hydrogen (secondary N) is 2. The van der Waals surface area contributed by atoms with Crippen molar-refractivity contribution < 1.29 is 29.3 Å². The number of anilines is 2. The second kappa shape index (κ2) is 23.9. The molecule has 0 saturated carbocycles. The molecule has 4 heterocycles. The summed E-state index contributed by atoms with van der Waals surface area (Å²) in [5.74, 6) is 0.841. The minimum absolute atomic E-state index is 0.107. The number of phenols is 2. The first-order valence-electron chi connectivity index (χ1n) is 27.9. The zero-order valence-electron chi connectivity index (χ0n) is 47.9. The number of rotatable bonds is 14. The first-order valence-corrected chi connectivity index (χ1v) is 27.9. The molecule has 9 rings (SSSR count). The fourth-order valence-corrected chi connectivity index (χ4v) is 10.1. The van der Waals surface area contributed by atoms with Gasteiger partial charge < -0.3 is 30.3 Å². The first-order chi connectivity index (χ1) is 38.2. The highest BCUT2D eigenvalue weighted by Gasteiger charge is 2.28. The van der Waals surface area contributed by atoms with Gasteiger partial charge in [0.2, 0.25) is 0 Å². The standard InChI is InChI=1S/C68H74N6O6/c1-11-13-23-79-63-49-27-45-35-55(73-65(77)43-17-21-71-59(39-43)57-25-41(3)15-19-69-57)37-47(61(45)75)29-51-33-54(68(8,9)10)34-52(64(51)80-24-14-12-2)30-48-38-56(36-46(62(48)76)28-50(63)32-53(31-49)67(5,6)7)74-66(78)44-18-22-72-60(40-44)58-26-42(4)16-20-70-58/h15-22,25-26,31-40,75-76H,11-14,23-24,27-30H2,1-10H3,(H,73,77)(H,74,78). The van der Waals surface area contributed by atoms with Gasteiger partial charge in [0.15, 0.2) is 0 Å². The van der Waals surface area contributed by atoms with E-state index in [0.717, 1.165) is 70.2 Å². The summed E-state index contributed by atoms with van der Waals surface area (Å²) in [6.07, 6.45) is 11.1. The van der Waals surface area contributed by atoms with Gasteiger partial charge in [-0.05, 0) is 155 Å². The number of hydrogen-bond donors (Lipinski definition) is 4.